The minimum absolute atomic E-state index is 0.0158. The van der Waals surface area contributed by atoms with Crippen molar-refractivity contribution in [2.75, 3.05) is 12.9 Å². The molecule has 1 aromatic rings. The fourth-order valence-corrected chi connectivity index (χ4v) is 2.28. The first kappa shape index (κ1) is 13.5. The molecular weight excluding hydrogens is 244 g/mol. The minimum Gasteiger partial charge on any atom is -0.497 e. The van der Waals surface area contributed by atoms with Gasteiger partial charge in [-0.25, -0.2) is 13.2 Å². The van der Waals surface area contributed by atoms with Gasteiger partial charge < -0.3 is 9.84 Å². The van der Waals surface area contributed by atoms with Crippen LogP contribution in [-0.4, -0.2) is 32.4 Å². The van der Waals surface area contributed by atoms with Gasteiger partial charge in [0, 0.05) is 5.75 Å². The number of hydrogen-bond donors (Lipinski definition) is 1. The van der Waals surface area contributed by atoms with Crippen LogP contribution in [0.2, 0.25) is 0 Å². The fourth-order valence-electron chi connectivity index (χ4n) is 1.35. The number of sulfone groups is 1. The summed E-state index contributed by atoms with van der Waals surface area (Å²) in [5.74, 6) is -1.06. The molecule has 1 rings (SSSR count). The van der Waals surface area contributed by atoms with Crippen LogP contribution >= 0.6 is 0 Å². The first-order valence-corrected chi connectivity index (χ1v) is 6.82. The molecule has 0 aliphatic carbocycles. The quantitative estimate of drug-likeness (QED) is 0.861. The number of methoxy groups -OCH3 is 1. The Morgan fingerprint density at radius 3 is 2.53 bits per heavy atom. The number of benzene rings is 1. The van der Waals surface area contributed by atoms with Crippen molar-refractivity contribution in [3.63, 3.8) is 0 Å². The van der Waals surface area contributed by atoms with Gasteiger partial charge in [0.1, 0.15) is 5.75 Å². The van der Waals surface area contributed by atoms with Crippen LogP contribution < -0.4 is 4.74 Å². The van der Waals surface area contributed by atoms with Gasteiger partial charge in [-0.1, -0.05) is 13.0 Å². The Balaban J connectivity index is 3.20. The third-order valence-corrected chi connectivity index (χ3v) is 3.99. The second-order valence-electron chi connectivity index (χ2n) is 3.50. The zero-order valence-corrected chi connectivity index (χ0v) is 10.5. The maximum Gasteiger partial charge on any atom is 0.336 e. The number of carbonyl (C=O) groups is 1. The third kappa shape index (κ3) is 3.45. The van der Waals surface area contributed by atoms with Gasteiger partial charge >= 0.3 is 5.97 Å². The molecule has 0 saturated heterocycles. The average Bonchev–Trinajstić information content (AvgIpc) is 2.29. The standard InChI is InChI=1S/C11H14O5S/c1-3-17(14,15)7-8-4-5-9(16-2)6-10(8)11(12)13/h4-6H,3,7H2,1-2H3,(H,12,13). The summed E-state index contributed by atoms with van der Waals surface area (Å²) in [6, 6.07) is 4.34. The normalized spacial score (nSPS) is 11.2. The van der Waals surface area contributed by atoms with Crippen LogP contribution in [0.15, 0.2) is 18.2 Å². The van der Waals surface area contributed by atoms with E-state index in [9.17, 15) is 13.2 Å². The van der Waals surface area contributed by atoms with Gasteiger partial charge in [-0.3, -0.25) is 0 Å². The van der Waals surface area contributed by atoms with Crippen LogP contribution in [0.4, 0.5) is 0 Å². The molecular formula is C11H14O5S. The lowest BCUT2D eigenvalue weighted by Gasteiger charge is -2.08. The number of rotatable bonds is 5. The molecule has 0 aromatic heterocycles. The average molecular weight is 258 g/mol. The topological polar surface area (TPSA) is 80.7 Å². The van der Waals surface area contributed by atoms with Gasteiger partial charge in [0.2, 0.25) is 0 Å². The SMILES string of the molecule is CCS(=O)(=O)Cc1ccc(OC)cc1C(=O)O. The molecule has 0 heterocycles. The summed E-state index contributed by atoms with van der Waals surface area (Å²) in [6.07, 6.45) is 0. The molecule has 0 aliphatic heterocycles. The summed E-state index contributed by atoms with van der Waals surface area (Å²) < 4.78 is 27.9. The zero-order chi connectivity index (χ0) is 13.1. The Morgan fingerprint density at radius 1 is 1.41 bits per heavy atom. The molecule has 1 aromatic carbocycles. The lowest BCUT2D eigenvalue weighted by Crippen LogP contribution is -2.11. The maximum atomic E-state index is 11.5. The van der Waals surface area contributed by atoms with Gasteiger partial charge in [0.25, 0.3) is 0 Å². The van der Waals surface area contributed by atoms with Crippen LogP contribution in [0, 0.1) is 0 Å². The monoisotopic (exact) mass is 258 g/mol. The van der Waals surface area contributed by atoms with Crippen molar-refractivity contribution in [2.45, 2.75) is 12.7 Å². The summed E-state index contributed by atoms with van der Waals surface area (Å²) in [4.78, 5) is 11.0. The van der Waals surface area contributed by atoms with Crippen molar-refractivity contribution in [1.29, 1.82) is 0 Å². The minimum atomic E-state index is -3.25. The van der Waals surface area contributed by atoms with Crippen LogP contribution in [0.5, 0.6) is 5.75 Å². The summed E-state index contributed by atoms with van der Waals surface area (Å²) in [5.41, 5.74) is 0.238. The molecule has 0 spiro atoms. The smallest absolute Gasteiger partial charge is 0.336 e. The van der Waals surface area contributed by atoms with Crippen molar-refractivity contribution < 1.29 is 23.1 Å². The van der Waals surface area contributed by atoms with E-state index in [0.717, 1.165) is 0 Å². The molecule has 5 nitrogen and oxygen atoms in total. The zero-order valence-electron chi connectivity index (χ0n) is 9.63. The van der Waals surface area contributed by atoms with Crippen molar-refractivity contribution in [1.82, 2.24) is 0 Å². The number of aromatic carboxylic acids is 1. The first-order chi connectivity index (χ1) is 7.89. The molecule has 0 saturated carbocycles. The van der Waals surface area contributed by atoms with E-state index in [4.69, 9.17) is 9.84 Å². The van der Waals surface area contributed by atoms with E-state index in [2.05, 4.69) is 0 Å². The van der Waals surface area contributed by atoms with Crippen molar-refractivity contribution in [2.24, 2.45) is 0 Å². The molecule has 0 unspecified atom stereocenters. The van der Waals surface area contributed by atoms with Crippen molar-refractivity contribution in [3.8, 4) is 5.75 Å². The molecule has 6 heteroatoms. The van der Waals surface area contributed by atoms with Gasteiger partial charge in [-0.2, -0.15) is 0 Å². The second-order valence-corrected chi connectivity index (χ2v) is 5.86. The fraction of sp³-hybridized carbons (Fsp3) is 0.364. The molecule has 1 N–H and O–H groups in total. The Labute approximate surface area is 100.0 Å². The Bertz CT molecular complexity index is 519. The first-order valence-electron chi connectivity index (χ1n) is 5.00. The molecule has 0 radical (unpaired) electrons. The molecule has 0 bridgehead atoms. The number of carboxylic acid groups (broad SMARTS) is 1. The summed E-state index contributed by atoms with van der Waals surface area (Å²) in [6.45, 7) is 1.53. The van der Waals surface area contributed by atoms with E-state index < -0.39 is 15.8 Å². The second kappa shape index (κ2) is 5.18. The highest BCUT2D eigenvalue weighted by atomic mass is 32.2. The highest BCUT2D eigenvalue weighted by Crippen LogP contribution is 2.20. The highest BCUT2D eigenvalue weighted by Gasteiger charge is 2.17. The molecule has 0 aliphatic rings. The van der Waals surface area contributed by atoms with Gasteiger partial charge in [-0.15, -0.1) is 0 Å². The van der Waals surface area contributed by atoms with Crippen molar-refractivity contribution in [3.05, 3.63) is 29.3 Å². The van der Waals surface area contributed by atoms with E-state index >= 15 is 0 Å². The van der Waals surface area contributed by atoms with E-state index in [1.54, 1.807) is 6.07 Å². The highest BCUT2D eigenvalue weighted by molar-refractivity contribution is 7.90. The number of carboxylic acids is 1. The van der Waals surface area contributed by atoms with Crippen LogP contribution in [0.1, 0.15) is 22.8 Å². The molecule has 17 heavy (non-hydrogen) atoms. The van der Waals surface area contributed by atoms with E-state index in [0.29, 0.717) is 5.75 Å². The molecule has 94 valence electrons. The van der Waals surface area contributed by atoms with Crippen LogP contribution in [-0.2, 0) is 15.6 Å². The summed E-state index contributed by atoms with van der Waals surface area (Å²) in [5, 5.41) is 9.00. The maximum absolute atomic E-state index is 11.5. The summed E-state index contributed by atoms with van der Waals surface area (Å²) >= 11 is 0. The number of hydrogen-bond acceptors (Lipinski definition) is 4. The summed E-state index contributed by atoms with van der Waals surface area (Å²) in [7, 11) is -1.83. The molecule has 0 fully saturated rings. The van der Waals surface area contributed by atoms with Crippen molar-refractivity contribution >= 4 is 15.8 Å². The third-order valence-electron chi connectivity index (χ3n) is 2.36. The van der Waals surface area contributed by atoms with E-state index in [-0.39, 0.29) is 22.6 Å². The Hall–Kier alpha value is -1.56. The Kier molecular flexibility index (Phi) is 4.11. The lowest BCUT2D eigenvalue weighted by molar-refractivity contribution is 0.0695. The van der Waals surface area contributed by atoms with Gasteiger partial charge in [-0.05, 0) is 17.7 Å². The van der Waals surface area contributed by atoms with Crippen LogP contribution in [0.3, 0.4) is 0 Å². The van der Waals surface area contributed by atoms with Crippen LogP contribution in [0.25, 0.3) is 0 Å². The van der Waals surface area contributed by atoms with Gasteiger partial charge in [0.15, 0.2) is 9.84 Å². The lowest BCUT2D eigenvalue weighted by atomic mass is 10.1. The predicted octanol–water partition coefficient (Wildman–Crippen LogP) is 1.33. The van der Waals surface area contributed by atoms with Gasteiger partial charge in [0.05, 0.1) is 18.4 Å². The molecule has 0 atom stereocenters. The number of ether oxygens (including phenoxy) is 1. The Morgan fingerprint density at radius 2 is 2.06 bits per heavy atom. The van der Waals surface area contributed by atoms with E-state index in [1.165, 1.54) is 26.2 Å². The molecule has 0 amide bonds. The predicted molar refractivity (Wildman–Crippen MR) is 63.1 cm³/mol. The van der Waals surface area contributed by atoms with E-state index in [1.807, 2.05) is 0 Å². The largest absolute Gasteiger partial charge is 0.497 e.